The Hall–Kier alpha value is -2.57. The zero-order valence-electron chi connectivity index (χ0n) is 21.3. The van der Waals surface area contributed by atoms with Gasteiger partial charge in [0.2, 0.25) is 11.9 Å². The van der Waals surface area contributed by atoms with Gasteiger partial charge in [0.05, 0.1) is 29.5 Å². The molecule has 6 fully saturated rings. The number of hydrogen-bond acceptors (Lipinski definition) is 11. The summed E-state index contributed by atoms with van der Waals surface area (Å²) >= 11 is 0. The molecule has 6 aliphatic rings. The van der Waals surface area contributed by atoms with E-state index in [0.717, 1.165) is 5.56 Å². The Labute approximate surface area is 217 Å². The van der Waals surface area contributed by atoms with Gasteiger partial charge in [0, 0.05) is 5.92 Å². The van der Waals surface area contributed by atoms with Crippen LogP contribution in [0, 0.1) is 28.1 Å². The molecular formula is C27H30O11. The van der Waals surface area contributed by atoms with Gasteiger partial charge in [0.15, 0.2) is 17.8 Å². The standard InChI is InChI=1S/C27H30O11/c1-11-19(30)35-17-15(29)25-16-13(28)14(23(2,3)4)24(25)18(34-10-12-8-6-5-7-9-12)20(31)37-22(24)38-27(25,21(32)36-16)26(11,17)33/h5-9,11,13-18,22,28-29,33H,10H2,1-4H3/t11-,13-,14+,15+,16-,17+,18+,22+,24-,25+,26-,27-/m1/s1. The number of carbonyl (C=O) groups excluding carboxylic acids is 3. The van der Waals surface area contributed by atoms with E-state index in [9.17, 15) is 29.7 Å². The molecule has 0 amide bonds. The van der Waals surface area contributed by atoms with Gasteiger partial charge in [0.25, 0.3) is 0 Å². The number of fused-ring (bicyclic) bond motifs is 1. The van der Waals surface area contributed by atoms with Crippen molar-refractivity contribution in [2.75, 3.05) is 0 Å². The van der Waals surface area contributed by atoms with Crippen LogP contribution < -0.4 is 0 Å². The van der Waals surface area contributed by atoms with E-state index in [1.165, 1.54) is 6.92 Å². The number of aliphatic hydroxyl groups excluding tert-OH is 2. The molecule has 3 N–H and O–H groups in total. The molecule has 0 unspecified atom stereocenters. The summed E-state index contributed by atoms with van der Waals surface area (Å²) in [7, 11) is 0. The van der Waals surface area contributed by atoms with Crippen molar-refractivity contribution >= 4 is 17.9 Å². The predicted molar refractivity (Wildman–Crippen MR) is 122 cm³/mol. The molecule has 4 heterocycles. The van der Waals surface area contributed by atoms with Crippen LogP contribution in [0.1, 0.15) is 33.3 Å². The van der Waals surface area contributed by atoms with E-state index in [1.54, 1.807) is 0 Å². The summed E-state index contributed by atoms with van der Waals surface area (Å²) in [6, 6.07) is 9.11. The van der Waals surface area contributed by atoms with Crippen LogP contribution in [0.25, 0.3) is 0 Å². The van der Waals surface area contributed by atoms with E-state index in [0.29, 0.717) is 0 Å². The lowest BCUT2D eigenvalue weighted by Gasteiger charge is -2.48. The molecule has 1 aromatic rings. The molecule has 0 bridgehead atoms. The second kappa shape index (κ2) is 6.95. The normalized spacial score (nSPS) is 51.8. The van der Waals surface area contributed by atoms with Crippen molar-refractivity contribution in [2.24, 2.45) is 28.1 Å². The summed E-state index contributed by atoms with van der Waals surface area (Å²) in [6.45, 7) is 6.92. The van der Waals surface area contributed by atoms with Crippen LogP contribution >= 0.6 is 0 Å². The summed E-state index contributed by atoms with van der Waals surface area (Å²) in [6.07, 6.45) is -8.97. The second-order valence-corrected chi connectivity index (χ2v) is 12.6. The zero-order valence-corrected chi connectivity index (χ0v) is 21.3. The first-order valence-electron chi connectivity index (χ1n) is 12.9. The van der Waals surface area contributed by atoms with Crippen LogP contribution in [-0.4, -0.2) is 81.2 Å². The quantitative estimate of drug-likeness (QED) is 0.352. The average Bonchev–Trinajstić information content (AvgIpc) is 3.55. The molecule has 0 aromatic heterocycles. The van der Waals surface area contributed by atoms with Crippen LogP contribution in [-0.2, 0) is 44.7 Å². The maximum absolute atomic E-state index is 13.8. The van der Waals surface area contributed by atoms with Gasteiger partial charge in [-0.25, -0.2) is 9.59 Å². The van der Waals surface area contributed by atoms with Gasteiger partial charge in [0.1, 0.15) is 12.2 Å². The molecule has 4 aliphatic heterocycles. The van der Waals surface area contributed by atoms with E-state index in [4.69, 9.17) is 23.7 Å². The zero-order chi connectivity index (χ0) is 27.2. The monoisotopic (exact) mass is 530 g/mol. The largest absolute Gasteiger partial charge is 0.456 e. The molecule has 2 spiro atoms. The molecule has 38 heavy (non-hydrogen) atoms. The van der Waals surface area contributed by atoms with E-state index < -0.39 is 94.0 Å². The van der Waals surface area contributed by atoms with Gasteiger partial charge >= 0.3 is 17.9 Å². The van der Waals surface area contributed by atoms with E-state index in [2.05, 4.69) is 0 Å². The predicted octanol–water partition coefficient (Wildman–Crippen LogP) is -0.174. The van der Waals surface area contributed by atoms with Crippen LogP contribution in [0.4, 0.5) is 0 Å². The minimum atomic E-state index is -2.36. The fraction of sp³-hybridized carbons (Fsp3) is 0.667. The van der Waals surface area contributed by atoms with Gasteiger partial charge in [-0.15, -0.1) is 0 Å². The van der Waals surface area contributed by atoms with Gasteiger partial charge < -0.3 is 39.0 Å². The van der Waals surface area contributed by atoms with Crippen LogP contribution in [0.3, 0.4) is 0 Å². The molecule has 2 aliphatic carbocycles. The van der Waals surface area contributed by atoms with Crippen LogP contribution in [0.5, 0.6) is 0 Å². The molecule has 1 aromatic carbocycles. The fourth-order valence-corrected chi connectivity index (χ4v) is 9.20. The summed E-state index contributed by atoms with van der Waals surface area (Å²) in [5.74, 6) is -4.79. The van der Waals surface area contributed by atoms with E-state index >= 15 is 0 Å². The number of aliphatic hydroxyl groups is 3. The van der Waals surface area contributed by atoms with Crippen LogP contribution in [0.15, 0.2) is 30.3 Å². The third-order valence-electron chi connectivity index (χ3n) is 10.2. The van der Waals surface area contributed by atoms with Crippen molar-refractivity contribution in [1.82, 2.24) is 0 Å². The number of esters is 3. The maximum atomic E-state index is 13.8. The van der Waals surface area contributed by atoms with Crippen molar-refractivity contribution in [3.63, 3.8) is 0 Å². The molecule has 11 nitrogen and oxygen atoms in total. The van der Waals surface area contributed by atoms with E-state index in [1.807, 2.05) is 51.1 Å². The van der Waals surface area contributed by atoms with Gasteiger partial charge in [-0.1, -0.05) is 51.1 Å². The Morgan fingerprint density at radius 3 is 2.32 bits per heavy atom. The first-order valence-corrected chi connectivity index (χ1v) is 12.9. The number of carbonyl (C=O) groups is 3. The number of benzene rings is 1. The molecule has 2 saturated carbocycles. The first-order chi connectivity index (χ1) is 17.8. The smallest absolute Gasteiger partial charge is 0.343 e. The first kappa shape index (κ1) is 24.5. The number of ether oxygens (including phenoxy) is 5. The Morgan fingerprint density at radius 2 is 1.66 bits per heavy atom. The fourth-order valence-electron chi connectivity index (χ4n) is 9.20. The highest BCUT2D eigenvalue weighted by Gasteiger charge is 3.05. The Bertz CT molecular complexity index is 1260. The summed E-state index contributed by atoms with van der Waals surface area (Å²) in [5, 5.41) is 36.1. The lowest BCUT2D eigenvalue weighted by Crippen LogP contribution is -2.67. The molecule has 204 valence electrons. The Morgan fingerprint density at radius 1 is 0.974 bits per heavy atom. The molecule has 0 radical (unpaired) electrons. The second-order valence-electron chi connectivity index (χ2n) is 12.6. The van der Waals surface area contributed by atoms with Gasteiger partial charge in [-0.2, -0.15) is 0 Å². The SMILES string of the molecule is C[C@@H]1C(=O)O[C@H]2[C@H](O)[C@@]34[C@@H]5OC(=O)[C@]3(O[C@@H]3OC(=O)[C@H](OCc6ccccc6)[C@]34[C@H](C(C)(C)C)[C@H]5O)[C@@]12O. The highest BCUT2D eigenvalue weighted by Crippen LogP contribution is 2.84. The highest BCUT2D eigenvalue weighted by atomic mass is 16.8. The Kier molecular flexibility index (Phi) is 4.47. The topological polar surface area (TPSA) is 158 Å². The highest BCUT2D eigenvalue weighted by molar-refractivity contribution is 5.94. The van der Waals surface area contributed by atoms with Gasteiger partial charge in [-0.05, 0) is 17.9 Å². The molecule has 11 heteroatoms. The minimum Gasteiger partial charge on any atom is -0.456 e. The average molecular weight is 531 g/mol. The van der Waals surface area contributed by atoms with Crippen molar-refractivity contribution in [3.05, 3.63) is 35.9 Å². The van der Waals surface area contributed by atoms with Crippen molar-refractivity contribution in [1.29, 1.82) is 0 Å². The summed E-state index contributed by atoms with van der Waals surface area (Å²) in [5.41, 5.74) is -8.32. The third-order valence-corrected chi connectivity index (χ3v) is 10.2. The van der Waals surface area contributed by atoms with E-state index in [-0.39, 0.29) is 6.61 Å². The van der Waals surface area contributed by atoms with Crippen molar-refractivity contribution in [2.45, 2.75) is 82.3 Å². The molecule has 7 rings (SSSR count). The minimum absolute atomic E-state index is 0.0141. The van der Waals surface area contributed by atoms with Gasteiger partial charge in [-0.3, -0.25) is 4.79 Å². The van der Waals surface area contributed by atoms with Crippen LogP contribution in [0.2, 0.25) is 0 Å². The molecule has 4 saturated heterocycles. The van der Waals surface area contributed by atoms with Crippen molar-refractivity contribution in [3.8, 4) is 0 Å². The summed E-state index contributed by atoms with van der Waals surface area (Å²) in [4.78, 5) is 40.0. The summed E-state index contributed by atoms with van der Waals surface area (Å²) < 4.78 is 29.6. The molecular weight excluding hydrogens is 500 g/mol. The van der Waals surface area contributed by atoms with Crippen molar-refractivity contribution < 1.29 is 53.4 Å². The Balaban J connectivity index is 1.50. The lowest BCUT2D eigenvalue weighted by molar-refractivity contribution is -0.240. The number of rotatable bonds is 3. The maximum Gasteiger partial charge on any atom is 0.343 e. The third kappa shape index (κ3) is 2.13. The molecule has 12 atom stereocenters. The lowest BCUT2D eigenvalue weighted by atomic mass is 9.51. The number of hydrogen-bond donors (Lipinski definition) is 3.